The standard InChI is InChI=1S/C34H44.2ClH.Zr/c1-31(2,3)22-11-13-25-27(18-22)28-19-23(32(4,5)6)12-14-26(28)30(25)34(10)16-15-21-17-24(20-29(21)34)33(7,8)9;;;/h11-14,17-20,29-30H,15-16H2,1-10H3;2*1H;/q;;;+2/p-2. The summed E-state index contributed by atoms with van der Waals surface area (Å²) in [5.74, 6) is 1.00. The number of fused-ring (bicyclic) bond motifs is 4. The number of benzene rings is 2. The first-order valence-corrected chi connectivity index (χ1v) is 13.3. The van der Waals surface area contributed by atoms with Gasteiger partial charge in [-0.2, -0.15) is 0 Å². The third kappa shape index (κ3) is 5.41. The van der Waals surface area contributed by atoms with Crippen LogP contribution < -0.4 is 24.8 Å². The Hall–Kier alpha value is -0.617. The Labute approximate surface area is 258 Å². The van der Waals surface area contributed by atoms with Crippen molar-refractivity contribution in [2.24, 2.45) is 16.7 Å². The molecule has 1 fully saturated rings. The van der Waals surface area contributed by atoms with Crippen molar-refractivity contribution in [1.29, 1.82) is 0 Å². The van der Waals surface area contributed by atoms with E-state index in [4.69, 9.17) is 0 Å². The van der Waals surface area contributed by atoms with Crippen LogP contribution in [0.5, 0.6) is 0 Å². The molecule has 1 saturated carbocycles. The Kier molecular flexibility index (Phi) is 9.17. The molecule has 3 aliphatic rings. The minimum atomic E-state index is 0. The summed E-state index contributed by atoms with van der Waals surface area (Å²) in [6.45, 7) is 23.7. The third-order valence-electron chi connectivity index (χ3n) is 9.03. The van der Waals surface area contributed by atoms with Crippen LogP contribution in [0.1, 0.15) is 110 Å². The van der Waals surface area contributed by atoms with Gasteiger partial charge in [-0.1, -0.05) is 123 Å². The monoisotopic (exact) mass is 612 g/mol. The van der Waals surface area contributed by atoms with Gasteiger partial charge in [-0.05, 0) is 73.5 Å². The van der Waals surface area contributed by atoms with Gasteiger partial charge >= 0.3 is 26.2 Å². The molecule has 0 spiro atoms. The number of allylic oxidation sites excluding steroid dienone is 4. The zero-order chi connectivity index (χ0) is 24.8. The topological polar surface area (TPSA) is 0 Å². The van der Waals surface area contributed by atoms with Crippen LogP contribution in [0.2, 0.25) is 0 Å². The van der Waals surface area contributed by atoms with Crippen LogP contribution in [0.3, 0.4) is 0 Å². The summed E-state index contributed by atoms with van der Waals surface area (Å²) < 4.78 is 0. The Morgan fingerprint density at radius 1 is 0.703 bits per heavy atom. The van der Waals surface area contributed by atoms with Crippen molar-refractivity contribution >= 4 is 0 Å². The predicted molar refractivity (Wildman–Crippen MR) is 148 cm³/mol. The fourth-order valence-electron chi connectivity index (χ4n) is 6.72. The van der Waals surface area contributed by atoms with Crippen LogP contribution in [0.25, 0.3) is 11.1 Å². The maximum atomic E-state index is 2.63. The van der Waals surface area contributed by atoms with Crippen LogP contribution >= 0.6 is 0 Å². The molecule has 198 valence electrons. The van der Waals surface area contributed by atoms with E-state index in [1.165, 1.54) is 40.7 Å². The number of halogens is 2. The summed E-state index contributed by atoms with van der Waals surface area (Å²) in [6.07, 6.45) is 7.67. The van der Waals surface area contributed by atoms with Gasteiger partial charge in [0.2, 0.25) is 0 Å². The Balaban J connectivity index is 0.00000160. The molecule has 0 aliphatic heterocycles. The first-order valence-electron chi connectivity index (χ1n) is 13.3. The molecule has 37 heavy (non-hydrogen) atoms. The molecule has 0 nitrogen and oxygen atoms in total. The number of hydrogen-bond donors (Lipinski definition) is 0. The van der Waals surface area contributed by atoms with Gasteiger partial charge < -0.3 is 24.8 Å². The molecule has 0 N–H and O–H groups in total. The van der Waals surface area contributed by atoms with Gasteiger partial charge in [0.1, 0.15) is 0 Å². The number of rotatable bonds is 1. The van der Waals surface area contributed by atoms with Crippen molar-refractivity contribution in [2.75, 3.05) is 0 Å². The van der Waals surface area contributed by atoms with E-state index >= 15 is 0 Å². The summed E-state index contributed by atoms with van der Waals surface area (Å²) in [5.41, 5.74) is 12.9. The molecule has 2 aromatic rings. The van der Waals surface area contributed by atoms with Gasteiger partial charge in [-0.15, -0.1) is 0 Å². The van der Waals surface area contributed by atoms with Gasteiger partial charge in [-0.3, -0.25) is 0 Å². The molecule has 0 radical (unpaired) electrons. The van der Waals surface area contributed by atoms with Gasteiger partial charge in [-0.25, -0.2) is 0 Å². The first kappa shape index (κ1) is 32.6. The molecule has 0 amide bonds. The summed E-state index contributed by atoms with van der Waals surface area (Å²) in [7, 11) is 0. The van der Waals surface area contributed by atoms with E-state index in [0.717, 1.165) is 0 Å². The minimum absolute atomic E-state index is 0. The van der Waals surface area contributed by atoms with Crippen molar-refractivity contribution in [3.63, 3.8) is 0 Å². The molecular formula is C34H44Cl2Zr. The van der Waals surface area contributed by atoms with E-state index in [0.29, 0.717) is 11.8 Å². The van der Waals surface area contributed by atoms with Crippen LogP contribution in [-0.4, -0.2) is 0 Å². The van der Waals surface area contributed by atoms with Crippen LogP contribution in [0.4, 0.5) is 0 Å². The largest absolute Gasteiger partial charge is 2.00 e. The van der Waals surface area contributed by atoms with Crippen LogP contribution in [0, 0.1) is 16.7 Å². The van der Waals surface area contributed by atoms with Crippen LogP contribution in [-0.2, 0) is 37.0 Å². The zero-order valence-corrected chi connectivity index (χ0v) is 28.4. The molecular weight excluding hydrogens is 571 g/mol. The van der Waals surface area contributed by atoms with E-state index < -0.39 is 0 Å². The summed E-state index contributed by atoms with van der Waals surface area (Å²) in [4.78, 5) is 0. The average molecular weight is 615 g/mol. The van der Waals surface area contributed by atoms with Crippen molar-refractivity contribution < 1.29 is 51.0 Å². The minimum Gasteiger partial charge on any atom is -1.00 e. The molecule has 0 bridgehead atoms. The first-order chi connectivity index (χ1) is 15.6. The van der Waals surface area contributed by atoms with Crippen molar-refractivity contribution in [1.82, 2.24) is 0 Å². The second kappa shape index (κ2) is 10.4. The van der Waals surface area contributed by atoms with Gasteiger partial charge in [0.05, 0.1) is 0 Å². The van der Waals surface area contributed by atoms with Gasteiger partial charge in [0.15, 0.2) is 0 Å². The maximum Gasteiger partial charge on any atom is 2.00 e. The summed E-state index contributed by atoms with van der Waals surface area (Å²) >= 11 is 0. The van der Waals surface area contributed by atoms with E-state index in [-0.39, 0.29) is 72.7 Å². The van der Waals surface area contributed by atoms with E-state index in [1.807, 2.05) is 0 Å². The van der Waals surface area contributed by atoms with Crippen molar-refractivity contribution in [3.05, 3.63) is 82.0 Å². The average Bonchev–Trinajstić information content (AvgIpc) is 3.37. The van der Waals surface area contributed by atoms with Gasteiger partial charge in [0.25, 0.3) is 0 Å². The fourth-order valence-corrected chi connectivity index (χ4v) is 6.72. The van der Waals surface area contributed by atoms with Crippen molar-refractivity contribution in [3.8, 4) is 11.1 Å². The molecule has 0 heterocycles. The molecule has 2 unspecified atom stereocenters. The second-order valence-electron chi connectivity index (χ2n) is 14.6. The normalized spacial score (nSPS) is 22.6. The van der Waals surface area contributed by atoms with Gasteiger partial charge in [0, 0.05) is 11.8 Å². The maximum absolute atomic E-state index is 2.63. The van der Waals surface area contributed by atoms with Crippen molar-refractivity contribution in [2.45, 2.75) is 98.8 Å². The SMILES string of the molecule is CC(C)(C)C1=CC2C(=C1)CCC2(C)C1c2ccc(C(C)(C)C)cc2-c2cc(C(C)(C)C)ccc21.[Cl-].[Cl-].[Zr+2]. The molecule has 2 atom stereocenters. The summed E-state index contributed by atoms with van der Waals surface area (Å²) in [6, 6.07) is 14.8. The van der Waals surface area contributed by atoms with E-state index in [9.17, 15) is 0 Å². The fraction of sp³-hybridized carbons (Fsp3) is 0.529. The van der Waals surface area contributed by atoms with E-state index in [1.54, 1.807) is 16.7 Å². The number of hydrogen-bond acceptors (Lipinski definition) is 0. The molecule has 5 rings (SSSR count). The molecule has 2 aromatic carbocycles. The zero-order valence-electron chi connectivity index (χ0n) is 24.4. The molecule has 0 saturated heterocycles. The quantitative estimate of drug-likeness (QED) is 0.460. The Morgan fingerprint density at radius 3 is 1.57 bits per heavy atom. The molecule has 0 aromatic heterocycles. The van der Waals surface area contributed by atoms with Crippen LogP contribution in [0.15, 0.2) is 59.7 Å². The smallest absolute Gasteiger partial charge is 1.00 e. The molecule has 3 aliphatic carbocycles. The summed E-state index contributed by atoms with van der Waals surface area (Å²) in [5, 5.41) is 0. The van der Waals surface area contributed by atoms with E-state index in [2.05, 4.69) is 118 Å². The Morgan fingerprint density at radius 2 is 1.16 bits per heavy atom. The second-order valence-corrected chi connectivity index (χ2v) is 14.6. The Bertz CT molecular complexity index is 1170. The third-order valence-corrected chi connectivity index (χ3v) is 9.03. The molecule has 3 heteroatoms. The predicted octanol–water partition coefficient (Wildman–Crippen LogP) is 3.73.